The van der Waals surface area contributed by atoms with E-state index >= 15 is 0 Å². The van der Waals surface area contributed by atoms with Crippen molar-refractivity contribution in [2.24, 2.45) is 0 Å². The van der Waals surface area contributed by atoms with E-state index < -0.39 is 0 Å². The number of halogens is 1. The molecule has 3 heterocycles. The second-order valence-corrected chi connectivity index (χ2v) is 7.68. The topological polar surface area (TPSA) is 102 Å². The Morgan fingerprint density at radius 1 is 1.06 bits per heavy atom. The molecule has 2 amide bonds. The Labute approximate surface area is 187 Å². The third-order valence-electron chi connectivity index (χ3n) is 4.96. The van der Waals surface area contributed by atoms with Gasteiger partial charge in [-0.3, -0.25) is 9.59 Å². The van der Waals surface area contributed by atoms with Crippen LogP contribution in [0.4, 0.5) is 11.5 Å². The molecule has 1 saturated heterocycles. The van der Waals surface area contributed by atoms with Gasteiger partial charge in [0.15, 0.2) is 10.4 Å². The number of hydrogen-bond donors (Lipinski definition) is 1. The molecule has 0 unspecified atom stereocenters. The summed E-state index contributed by atoms with van der Waals surface area (Å²) in [6.07, 6.45) is 1.67. The van der Waals surface area contributed by atoms with Crippen molar-refractivity contribution in [2.45, 2.75) is 0 Å². The number of carbonyl (C=O) groups is 2. The molecular weight excluding hydrogens is 462 g/mol. The van der Waals surface area contributed by atoms with Crippen molar-refractivity contribution in [1.82, 2.24) is 9.88 Å². The van der Waals surface area contributed by atoms with Gasteiger partial charge >= 0.3 is 0 Å². The number of benzene rings is 1. The highest BCUT2D eigenvalue weighted by Gasteiger charge is 2.24. The number of furan rings is 1. The molecule has 156 valence electrons. The van der Waals surface area contributed by atoms with Crippen molar-refractivity contribution >= 4 is 39.2 Å². The van der Waals surface area contributed by atoms with E-state index in [-0.39, 0.29) is 17.6 Å². The fourth-order valence-electron chi connectivity index (χ4n) is 3.37. The van der Waals surface area contributed by atoms with Crippen LogP contribution >= 0.6 is 15.9 Å². The van der Waals surface area contributed by atoms with E-state index in [1.54, 1.807) is 59.6 Å². The van der Waals surface area contributed by atoms with Crippen LogP contribution in [0.2, 0.25) is 0 Å². The van der Waals surface area contributed by atoms with E-state index in [1.165, 1.54) is 0 Å². The molecule has 0 saturated carbocycles. The minimum atomic E-state index is -0.368. The van der Waals surface area contributed by atoms with Gasteiger partial charge < -0.3 is 19.5 Å². The Hall–Kier alpha value is -3.64. The molecule has 1 aliphatic heterocycles. The van der Waals surface area contributed by atoms with E-state index in [9.17, 15) is 14.9 Å². The molecule has 0 aliphatic carbocycles. The van der Waals surface area contributed by atoms with Crippen molar-refractivity contribution in [1.29, 1.82) is 5.26 Å². The molecule has 3 aromatic rings. The summed E-state index contributed by atoms with van der Waals surface area (Å²) in [5.41, 5.74) is 1.64. The van der Waals surface area contributed by atoms with Crippen molar-refractivity contribution in [2.75, 3.05) is 36.4 Å². The van der Waals surface area contributed by atoms with Gasteiger partial charge in [-0.2, -0.15) is 5.26 Å². The van der Waals surface area contributed by atoms with Crippen molar-refractivity contribution < 1.29 is 14.0 Å². The zero-order valence-corrected chi connectivity index (χ0v) is 18.0. The second kappa shape index (κ2) is 9.02. The number of nitriles is 1. The number of aromatic nitrogens is 1. The lowest BCUT2D eigenvalue weighted by atomic mass is 10.1. The average Bonchev–Trinajstić information content (AvgIpc) is 3.25. The van der Waals surface area contributed by atoms with Crippen molar-refractivity contribution in [3.05, 3.63) is 76.3 Å². The lowest BCUT2D eigenvalue weighted by Gasteiger charge is -2.35. The number of carbonyl (C=O) groups excluding carboxylic acids is 2. The molecule has 1 aliphatic rings. The van der Waals surface area contributed by atoms with Crippen LogP contribution in [0.25, 0.3) is 0 Å². The Morgan fingerprint density at radius 2 is 1.81 bits per heavy atom. The Balaban J connectivity index is 1.36. The summed E-state index contributed by atoms with van der Waals surface area (Å²) >= 11 is 3.16. The molecule has 9 heteroatoms. The van der Waals surface area contributed by atoms with Gasteiger partial charge in [0.25, 0.3) is 11.8 Å². The van der Waals surface area contributed by atoms with Crippen molar-refractivity contribution in [3.63, 3.8) is 0 Å². The van der Waals surface area contributed by atoms with Crippen molar-refractivity contribution in [3.8, 4) is 6.07 Å². The monoisotopic (exact) mass is 479 g/mol. The number of amides is 2. The van der Waals surface area contributed by atoms with Crippen LogP contribution in [-0.2, 0) is 0 Å². The minimum Gasteiger partial charge on any atom is -0.444 e. The van der Waals surface area contributed by atoms with Gasteiger partial charge in [0.1, 0.15) is 11.9 Å². The number of anilines is 2. The predicted molar refractivity (Wildman–Crippen MR) is 118 cm³/mol. The molecule has 0 bridgehead atoms. The minimum absolute atomic E-state index is 0.0750. The Morgan fingerprint density at radius 3 is 2.45 bits per heavy atom. The van der Waals surface area contributed by atoms with Crippen LogP contribution in [0.15, 0.2) is 63.8 Å². The molecule has 0 radical (unpaired) electrons. The quantitative estimate of drug-likeness (QED) is 0.613. The third kappa shape index (κ3) is 4.59. The number of pyridine rings is 1. The number of hydrogen-bond acceptors (Lipinski definition) is 6. The van der Waals surface area contributed by atoms with E-state index in [0.29, 0.717) is 53.5 Å². The van der Waals surface area contributed by atoms with Gasteiger partial charge in [0.2, 0.25) is 0 Å². The third-order valence-corrected chi connectivity index (χ3v) is 5.39. The molecular formula is C22H18BrN5O3. The number of rotatable bonds is 4. The first kappa shape index (κ1) is 20.6. The maximum absolute atomic E-state index is 12.9. The molecule has 0 atom stereocenters. The van der Waals surface area contributed by atoms with Gasteiger partial charge in [-0.1, -0.05) is 0 Å². The molecule has 1 fully saturated rings. The Bertz CT molecular complexity index is 1140. The zero-order chi connectivity index (χ0) is 21.8. The average molecular weight is 480 g/mol. The highest BCUT2D eigenvalue weighted by molar-refractivity contribution is 9.10. The molecule has 1 N–H and O–H groups in total. The first-order chi connectivity index (χ1) is 15.0. The summed E-state index contributed by atoms with van der Waals surface area (Å²) in [5, 5.41) is 12.0. The molecule has 31 heavy (non-hydrogen) atoms. The largest absolute Gasteiger partial charge is 0.444 e. The molecule has 0 spiro atoms. The number of nitrogens with one attached hydrogen (secondary N) is 1. The fourth-order valence-corrected chi connectivity index (χ4v) is 3.67. The zero-order valence-electron chi connectivity index (χ0n) is 16.4. The van der Waals surface area contributed by atoms with Gasteiger partial charge in [-0.25, -0.2) is 4.98 Å². The van der Waals surface area contributed by atoms with E-state index in [2.05, 4.69) is 32.3 Å². The van der Waals surface area contributed by atoms with Crippen LogP contribution in [0.5, 0.6) is 0 Å². The highest BCUT2D eigenvalue weighted by atomic mass is 79.9. The number of nitrogens with zero attached hydrogens (tertiary/aromatic N) is 4. The lowest BCUT2D eigenvalue weighted by Crippen LogP contribution is -2.49. The SMILES string of the molecule is N#Cc1cccnc1N1CCN(C(=O)c2ccc(NC(=O)c3ccc(Br)o3)cc2)CC1. The van der Waals surface area contributed by atoms with Crippen LogP contribution in [0.1, 0.15) is 26.5 Å². The second-order valence-electron chi connectivity index (χ2n) is 6.90. The molecule has 1 aromatic carbocycles. The smallest absolute Gasteiger partial charge is 0.291 e. The van der Waals surface area contributed by atoms with Crippen LogP contribution in [0, 0.1) is 11.3 Å². The highest BCUT2D eigenvalue weighted by Crippen LogP contribution is 2.20. The van der Waals surface area contributed by atoms with Gasteiger partial charge in [-0.15, -0.1) is 0 Å². The first-order valence-electron chi connectivity index (χ1n) is 9.61. The maximum Gasteiger partial charge on any atom is 0.291 e. The first-order valence-corrected chi connectivity index (χ1v) is 10.4. The van der Waals surface area contributed by atoms with Gasteiger partial charge in [-0.05, 0) is 64.5 Å². The summed E-state index contributed by atoms with van der Waals surface area (Å²) in [5.74, 6) is 0.402. The maximum atomic E-state index is 12.9. The molecule has 4 rings (SSSR count). The van der Waals surface area contributed by atoms with Crippen LogP contribution in [0.3, 0.4) is 0 Å². The van der Waals surface area contributed by atoms with Gasteiger partial charge in [0.05, 0.1) is 5.56 Å². The summed E-state index contributed by atoms with van der Waals surface area (Å²) in [4.78, 5) is 33.1. The van der Waals surface area contributed by atoms with Crippen LogP contribution in [-0.4, -0.2) is 47.9 Å². The van der Waals surface area contributed by atoms with E-state index in [1.807, 2.05) is 4.90 Å². The van der Waals surface area contributed by atoms with E-state index in [4.69, 9.17) is 4.42 Å². The number of piperazine rings is 1. The van der Waals surface area contributed by atoms with Crippen LogP contribution < -0.4 is 10.2 Å². The summed E-state index contributed by atoms with van der Waals surface area (Å²) in [7, 11) is 0. The predicted octanol–water partition coefficient (Wildman–Crippen LogP) is 3.52. The summed E-state index contributed by atoms with van der Waals surface area (Å²) in [6, 6.07) is 15.6. The van der Waals surface area contributed by atoms with E-state index in [0.717, 1.165) is 0 Å². The van der Waals surface area contributed by atoms with Gasteiger partial charge in [0, 0.05) is 43.6 Å². The molecule has 8 nitrogen and oxygen atoms in total. The molecule has 2 aromatic heterocycles. The lowest BCUT2D eigenvalue weighted by molar-refractivity contribution is 0.0746. The summed E-state index contributed by atoms with van der Waals surface area (Å²) in [6.45, 7) is 2.27. The standard InChI is InChI=1S/C22H18BrN5O3/c23-19-8-7-18(31-19)21(29)26-17-5-3-15(4-6-17)22(30)28-12-10-27(11-13-28)20-16(14-24)2-1-9-25-20/h1-9H,10-13H2,(H,26,29). The Kier molecular flexibility index (Phi) is 6.00. The normalized spacial score (nSPS) is 13.5. The fraction of sp³-hybridized carbons (Fsp3) is 0.182. The summed E-state index contributed by atoms with van der Waals surface area (Å²) < 4.78 is 5.71.